The molecular formula is C12H11ClS. The number of aryl methyl sites for hydroxylation is 2. The van der Waals surface area contributed by atoms with Crippen LogP contribution in [0.3, 0.4) is 0 Å². The minimum atomic E-state index is 0.834. The maximum absolute atomic E-state index is 6.17. The van der Waals surface area contributed by atoms with Crippen LogP contribution in [-0.2, 0) is 0 Å². The van der Waals surface area contributed by atoms with Gasteiger partial charge in [0.1, 0.15) is 0 Å². The van der Waals surface area contributed by atoms with Crippen LogP contribution in [0.15, 0.2) is 29.6 Å². The van der Waals surface area contributed by atoms with E-state index in [2.05, 4.69) is 31.4 Å². The molecule has 72 valence electrons. The van der Waals surface area contributed by atoms with Crippen LogP contribution < -0.4 is 0 Å². The fourth-order valence-electron chi connectivity index (χ4n) is 1.46. The minimum Gasteiger partial charge on any atom is -0.143 e. The molecule has 0 radical (unpaired) electrons. The molecule has 1 aromatic heterocycles. The molecule has 0 saturated carbocycles. The van der Waals surface area contributed by atoms with Gasteiger partial charge >= 0.3 is 0 Å². The SMILES string of the molecule is Cc1ccc(Cl)c(-c2sccc2C)c1. The van der Waals surface area contributed by atoms with Crippen molar-refractivity contribution in [2.75, 3.05) is 0 Å². The summed E-state index contributed by atoms with van der Waals surface area (Å²) in [5.41, 5.74) is 3.69. The van der Waals surface area contributed by atoms with Crippen molar-refractivity contribution in [2.45, 2.75) is 13.8 Å². The summed E-state index contributed by atoms with van der Waals surface area (Å²) in [6.07, 6.45) is 0. The lowest BCUT2D eigenvalue weighted by Crippen LogP contribution is -1.80. The molecule has 2 rings (SSSR count). The topological polar surface area (TPSA) is 0 Å². The number of rotatable bonds is 1. The van der Waals surface area contributed by atoms with E-state index in [1.807, 2.05) is 12.1 Å². The van der Waals surface area contributed by atoms with Gasteiger partial charge in [0.25, 0.3) is 0 Å². The van der Waals surface area contributed by atoms with Gasteiger partial charge < -0.3 is 0 Å². The zero-order valence-corrected chi connectivity index (χ0v) is 9.75. The Morgan fingerprint density at radius 3 is 2.57 bits per heavy atom. The first kappa shape index (κ1) is 9.75. The first-order chi connectivity index (χ1) is 6.68. The first-order valence-electron chi connectivity index (χ1n) is 4.49. The third-order valence-electron chi connectivity index (χ3n) is 2.23. The zero-order valence-electron chi connectivity index (χ0n) is 8.17. The molecule has 1 heterocycles. The van der Waals surface area contributed by atoms with E-state index >= 15 is 0 Å². The Kier molecular flexibility index (Phi) is 2.62. The van der Waals surface area contributed by atoms with Gasteiger partial charge in [-0.15, -0.1) is 11.3 Å². The van der Waals surface area contributed by atoms with Gasteiger partial charge in [-0.1, -0.05) is 23.2 Å². The predicted molar refractivity (Wildman–Crippen MR) is 64.2 cm³/mol. The van der Waals surface area contributed by atoms with Crippen LogP contribution >= 0.6 is 22.9 Å². The molecule has 0 unspecified atom stereocenters. The van der Waals surface area contributed by atoms with Crippen LogP contribution in [0.5, 0.6) is 0 Å². The first-order valence-corrected chi connectivity index (χ1v) is 5.75. The highest BCUT2D eigenvalue weighted by Gasteiger charge is 2.07. The molecule has 0 saturated heterocycles. The highest BCUT2D eigenvalue weighted by molar-refractivity contribution is 7.13. The maximum Gasteiger partial charge on any atom is 0.0492 e. The fraction of sp³-hybridized carbons (Fsp3) is 0.167. The van der Waals surface area contributed by atoms with E-state index in [1.54, 1.807) is 11.3 Å². The van der Waals surface area contributed by atoms with Crippen LogP contribution in [0.2, 0.25) is 5.02 Å². The van der Waals surface area contributed by atoms with Crippen LogP contribution in [-0.4, -0.2) is 0 Å². The maximum atomic E-state index is 6.17. The average molecular weight is 223 g/mol. The van der Waals surface area contributed by atoms with Crippen LogP contribution in [0.25, 0.3) is 10.4 Å². The smallest absolute Gasteiger partial charge is 0.0492 e. The third-order valence-corrected chi connectivity index (χ3v) is 3.61. The second-order valence-electron chi connectivity index (χ2n) is 3.42. The number of thiophene rings is 1. The molecule has 0 nitrogen and oxygen atoms in total. The van der Waals surface area contributed by atoms with Crippen molar-refractivity contribution < 1.29 is 0 Å². The van der Waals surface area contributed by atoms with Crippen molar-refractivity contribution in [2.24, 2.45) is 0 Å². The number of halogens is 1. The quantitative estimate of drug-likeness (QED) is 0.657. The summed E-state index contributed by atoms with van der Waals surface area (Å²) in [7, 11) is 0. The summed E-state index contributed by atoms with van der Waals surface area (Å²) in [4.78, 5) is 1.28. The lowest BCUT2D eigenvalue weighted by Gasteiger charge is -2.04. The van der Waals surface area contributed by atoms with Crippen molar-refractivity contribution in [1.82, 2.24) is 0 Å². The summed E-state index contributed by atoms with van der Waals surface area (Å²) in [6.45, 7) is 4.20. The van der Waals surface area contributed by atoms with Gasteiger partial charge in [0.2, 0.25) is 0 Å². The highest BCUT2D eigenvalue weighted by atomic mass is 35.5. The molecule has 0 aliphatic heterocycles. The predicted octanol–water partition coefficient (Wildman–Crippen LogP) is 4.69. The second kappa shape index (κ2) is 3.76. The van der Waals surface area contributed by atoms with E-state index in [0.29, 0.717) is 0 Å². The summed E-state index contributed by atoms with van der Waals surface area (Å²) < 4.78 is 0. The molecule has 2 heteroatoms. The van der Waals surface area contributed by atoms with Gasteiger partial charge in [-0.2, -0.15) is 0 Å². The lowest BCUT2D eigenvalue weighted by atomic mass is 10.1. The average Bonchev–Trinajstić information content (AvgIpc) is 2.56. The van der Waals surface area contributed by atoms with Gasteiger partial charge in [-0.05, 0) is 43.0 Å². The fourth-order valence-corrected chi connectivity index (χ4v) is 2.69. The molecule has 0 atom stereocenters. The van der Waals surface area contributed by atoms with E-state index in [0.717, 1.165) is 10.6 Å². The Balaban J connectivity index is 2.62. The van der Waals surface area contributed by atoms with Gasteiger partial charge in [0.05, 0.1) is 0 Å². The van der Waals surface area contributed by atoms with Gasteiger partial charge in [0, 0.05) is 15.5 Å². The van der Waals surface area contributed by atoms with Crippen LogP contribution in [0.4, 0.5) is 0 Å². The van der Waals surface area contributed by atoms with E-state index in [9.17, 15) is 0 Å². The number of benzene rings is 1. The number of hydrogen-bond donors (Lipinski definition) is 0. The Labute approximate surface area is 93.2 Å². The second-order valence-corrected chi connectivity index (χ2v) is 4.74. The van der Waals surface area contributed by atoms with E-state index < -0.39 is 0 Å². The van der Waals surface area contributed by atoms with E-state index in [-0.39, 0.29) is 0 Å². The molecule has 0 bridgehead atoms. The van der Waals surface area contributed by atoms with Gasteiger partial charge in [-0.25, -0.2) is 0 Å². The molecule has 0 N–H and O–H groups in total. The highest BCUT2D eigenvalue weighted by Crippen LogP contribution is 2.34. The summed E-state index contributed by atoms with van der Waals surface area (Å²) in [5, 5.41) is 2.93. The summed E-state index contributed by atoms with van der Waals surface area (Å²) >= 11 is 7.91. The van der Waals surface area contributed by atoms with Crippen LogP contribution in [0, 0.1) is 13.8 Å². The molecule has 0 aliphatic carbocycles. The van der Waals surface area contributed by atoms with Crippen molar-refractivity contribution >= 4 is 22.9 Å². The summed E-state index contributed by atoms with van der Waals surface area (Å²) in [6, 6.07) is 8.26. The molecular weight excluding hydrogens is 212 g/mol. The number of hydrogen-bond acceptors (Lipinski definition) is 1. The van der Waals surface area contributed by atoms with Crippen molar-refractivity contribution in [3.8, 4) is 10.4 Å². The molecule has 0 amide bonds. The zero-order chi connectivity index (χ0) is 10.1. The Hall–Kier alpha value is -0.790. The van der Waals surface area contributed by atoms with Gasteiger partial charge in [-0.3, -0.25) is 0 Å². The molecule has 1 aromatic carbocycles. The molecule has 14 heavy (non-hydrogen) atoms. The normalized spacial score (nSPS) is 10.5. The Morgan fingerprint density at radius 2 is 1.93 bits per heavy atom. The van der Waals surface area contributed by atoms with Crippen LogP contribution in [0.1, 0.15) is 11.1 Å². The summed E-state index contributed by atoms with van der Waals surface area (Å²) in [5.74, 6) is 0. The molecule has 0 aliphatic rings. The van der Waals surface area contributed by atoms with Gasteiger partial charge in [0.15, 0.2) is 0 Å². The van der Waals surface area contributed by atoms with Crippen molar-refractivity contribution in [3.63, 3.8) is 0 Å². The monoisotopic (exact) mass is 222 g/mol. The lowest BCUT2D eigenvalue weighted by molar-refractivity contribution is 1.46. The minimum absolute atomic E-state index is 0.834. The molecule has 0 spiro atoms. The van der Waals surface area contributed by atoms with Crippen molar-refractivity contribution in [3.05, 3.63) is 45.8 Å². The van der Waals surface area contributed by atoms with Crippen molar-refractivity contribution in [1.29, 1.82) is 0 Å². The van der Waals surface area contributed by atoms with E-state index in [1.165, 1.54) is 16.0 Å². The van der Waals surface area contributed by atoms with E-state index in [4.69, 9.17) is 11.6 Å². The third kappa shape index (κ3) is 1.70. The standard InChI is InChI=1S/C12H11ClS/c1-8-3-4-11(13)10(7-8)12-9(2)5-6-14-12/h3-7H,1-2H3. The Bertz CT molecular complexity index is 457. The molecule has 0 fully saturated rings. The molecule has 2 aromatic rings. The largest absolute Gasteiger partial charge is 0.143 e. The Morgan fingerprint density at radius 1 is 1.14 bits per heavy atom.